The number of rotatable bonds is 17. The number of aldehydes is 1. The van der Waals surface area contributed by atoms with Gasteiger partial charge in [0.2, 0.25) is 12.2 Å². The second-order valence-electron chi connectivity index (χ2n) is 29.2. The molecule has 9 fully saturated rings. The van der Waals surface area contributed by atoms with Crippen LogP contribution in [0, 0.1) is 50.2 Å². The first-order chi connectivity index (χ1) is 43.1. The van der Waals surface area contributed by atoms with E-state index in [1.165, 1.54) is 7.05 Å². The lowest BCUT2D eigenvalue weighted by Crippen LogP contribution is -2.69. The fourth-order valence-electron chi connectivity index (χ4n) is 18.1. The molecule has 0 aromatic carbocycles. The lowest BCUT2D eigenvalue weighted by atomic mass is 9.33. The van der Waals surface area contributed by atoms with E-state index >= 15 is 4.79 Å². The highest BCUT2D eigenvalue weighted by atomic mass is 16.8. The van der Waals surface area contributed by atoms with Crippen molar-refractivity contribution in [3.8, 4) is 0 Å². The molecule has 0 bridgehead atoms. The lowest BCUT2D eigenvalue weighted by Gasteiger charge is -2.71. The average Bonchev–Trinajstić information content (AvgIpc) is 0.709. The van der Waals surface area contributed by atoms with E-state index in [0.717, 1.165) is 16.8 Å². The molecule has 524 valence electrons. The van der Waals surface area contributed by atoms with Crippen LogP contribution in [0.5, 0.6) is 0 Å². The highest BCUT2D eigenvalue weighted by molar-refractivity contribution is 5.80. The Kier molecular flexibility index (Phi) is 20.7. The number of ether oxygens (including phenoxy) is 10. The molecule has 5 aliphatic heterocycles. The first-order valence-corrected chi connectivity index (χ1v) is 31.8. The zero-order valence-electron chi connectivity index (χ0n) is 52.5. The number of aliphatic hydroxyl groups excluding tert-OH is 15. The third-order valence-corrected chi connectivity index (χ3v) is 23.7. The third kappa shape index (κ3) is 11.8. The molecular formula is C61H95NO30. The maximum Gasteiger partial charge on any atom is 0.335 e. The van der Waals surface area contributed by atoms with Gasteiger partial charge in [0.05, 0.1) is 50.1 Å². The van der Waals surface area contributed by atoms with Crippen LogP contribution < -0.4 is 0 Å². The molecule has 14 unspecified atom stereocenters. The summed E-state index contributed by atoms with van der Waals surface area (Å²) in [5, 5.41) is 173. The second kappa shape index (κ2) is 26.6. The Morgan fingerprint density at radius 3 is 1.86 bits per heavy atom. The van der Waals surface area contributed by atoms with Gasteiger partial charge in [-0.05, 0) is 97.2 Å². The van der Waals surface area contributed by atoms with Crippen molar-refractivity contribution < 1.29 is 148 Å². The van der Waals surface area contributed by atoms with E-state index in [9.17, 15) is 96.1 Å². The number of fused-ring (bicyclic) bond motifs is 7. The molecule has 5 heterocycles. The van der Waals surface area contributed by atoms with Gasteiger partial charge in [0.15, 0.2) is 31.3 Å². The van der Waals surface area contributed by atoms with Crippen LogP contribution in [0.15, 0.2) is 11.6 Å². The normalized spacial score (nSPS) is 51.7. The van der Waals surface area contributed by atoms with E-state index in [1.54, 1.807) is 6.92 Å². The summed E-state index contributed by atoms with van der Waals surface area (Å²) in [4.78, 5) is 56.7. The van der Waals surface area contributed by atoms with Gasteiger partial charge in [-0.1, -0.05) is 53.2 Å². The number of carbonyl (C=O) groups excluding carboxylic acids is 3. The molecule has 10 rings (SSSR count). The number of aliphatic hydroxyl groups is 15. The summed E-state index contributed by atoms with van der Waals surface area (Å²) in [6.45, 7) is 8.53. The predicted molar refractivity (Wildman–Crippen MR) is 303 cm³/mol. The van der Waals surface area contributed by atoms with E-state index in [0.29, 0.717) is 38.5 Å². The first kappa shape index (κ1) is 71.6. The number of hydrogen-bond donors (Lipinski definition) is 16. The number of carboxylic acid groups (broad SMARTS) is 1. The molecule has 5 aliphatic carbocycles. The van der Waals surface area contributed by atoms with E-state index in [4.69, 9.17) is 47.4 Å². The number of likely N-dealkylation sites (N-methyl/N-ethyl adjacent to an activating group) is 1. The lowest BCUT2D eigenvalue weighted by molar-refractivity contribution is -0.391. The summed E-state index contributed by atoms with van der Waals surface area (Å²) >= 11 is 0. The maximum absolute atomic E-state index is 15.3. The first-order valence-electron chi connectivity index (χ1n) is 31.8. The summed E-state index contributed by atoms with van der Waals surface area (Å²) in [7, 11) is 1.24. The predicted octanol–water partition coefficient (Wildman–Crippen LogP) is -5.23. The van der Waals surface area contributed by atoms with Gasteiger partial charge >= 0.3 is 11.9 Å². The van der Waals surface area contributed by atoms with Crippen molar-refractivity contribution in [1.29, 1.82) is 0 Å². The second-order valence-corrected chi connectivity index (χ2v) is 29.2. The minimum Gasteiger partial charge on any atom is -0.479 e. The van der Waals surface area contributed by atoms with Crippen LogP contribution in [0.25, 0.3) is 0 Å². The monoisotopic (exact) mass is 1320 g/mol. The number of carbonyl (C=O) groups is 4. The molecule has 31 nitrogen and oxygen atoms in total. The van der Waals surface area contributed by atoms with Crippen LogP contribution in [-0.4, -0.2) is 304 Å². The van der Waals surface area contributed by atoms with Crippen LogP contribution in [0.3, 0.4) is 0 Å². The summed E-state index contributed by atoms with van der Waals surface area (Å²) < 4.78 is 58.9. The summed E-state index contributed by atoms with van der Waals surface area (Å²) in [5.41, 5.74) is -4.55. The van der Waals surface area contributed by atoms with Crippen molar-refractivity contribution in [2.75, 3.05) is 40.1 Å². The van der Waals surface area contributed by atoms with Gasteiger partial charge in [-0.25, -0.2) is 4.79 Å². The zero-order chi connectivity index (χ0) is 67.4. The highest BCUT2D eigenvalue weighted by Gasteiger charge is 2.73. The molecule has 16 N–H and O–H groups in total. The van der Waals surface area contributed by atoms with Crippen molar-refractivity contribution in [3.05, 3.63) is 11.6 Å². The fourth-order valence-corrected chi connectivity index (χ4v) is 18.1. The van der Waals surface area contributed by atoms with Crippen molar-refractivity contribution in [3.63, 3.8) is 0 Å². The van der Waals surface area contributed by atoms with Gasteiger partial charge in [0.1, 0.15) is 116 Å². The van der Waals surface area contributed by atoms with Crippen molar-refractivity contribution in [2.45, 2.75) is 253 Å². The van der Waals surface area contributed by atoms with E-state index in [1.807, 2.05) is 0 Å². The molecule has 10 aliphatic rings. The molecule has 0 radical (unpaired) electrons. The van der Waals surface area contributed by atoms with Gasteiger partial charge in [0.25, 0.3) is 0 Å². The molecule has 0 aromatic heterocycles. The maximum atomic E-state index is 15.3. The van der Waals surface area contributed by atoms with Gasteiger partial charge < -0.3 is 139 Å². The number of allylic oxidation sites excluding steroid dienone is 2. The van der Waals surface area contributed by atoms with Crippen LogP contribution in [0.2, 0.25) is 0 Å². The van der Waals surface area contributed by atoms with Crippen molar-refractivity contribution in [1.82, 2.24) is 4.90 Å². The Labute approximate surface area is 530 Å². The van der Waals surface area contributed by atoms with Gasteiger partial charge in [0, 0.05) is 7.05 Å². The number of hydrogen-bond acceptors (Lipinski definition) is 29. The molecule has 31 heteroatoms. The molecule has 0 spiro atoms. The Hall–Kier alpha value is -3.14. The Morgan fingerprint density at radius 1 is 0.620 bits per heavy atom. The zero-order valence-corrected chi connectivity index (χ0v) is 52.5. The number of amides is 1. The van der Waals surface area contributed by atoms with Crippen molar-refractivity contribution in [2.24, 2.45) is 50.2 Å². The minimum absolute atomic E-state index is 0.0714. The Balaban J connectivity index is 0.900. The number of esters is 1. The molecule has 33 atom stereocenters. The topological polar surface area (TPSA) is 488 Å². The fraction of sp³-hybridized carbons (Fsp3) is 0.902. The Bertz CT molecular complexity index is 2690. The van der Waals surface area contributed by atoms with Gasteiger partial charge in [-0.15, -0.1) is 0 Å². The molecular weight excluding hydrogens is 1230 g/mol. The van der Waals surface area contributed by atoms with E-state index in [2.05, 4.69) is 40.7 Å². The smallest absolute Gasteiger partial charge is 0.335 e. The highest BCUT2D eigenvalue weighted by Crippen LogP contribution is 2.76. The molecule has 92 heavy (non-hydrogen) atoms. The van der Waals surface area contributed by atoms with Crippen LogP contribution in [-0.2, 0) is 66.5 Å². The Morgan fingerprint density at radius 2 is 1.22 bits per heavy atom. The van der Waals surface area contributed by atoms with Crippen LogP contribution in [0.4, 0.5) is 0 Å². The minimum atomic E-state index is -2.21. The standard InChI is InChI=1S/C61H95NO30/c1-56(2)14-15-61(55(82)92-53-43(77)39(73)35(27(18-63)85-53)62(7)34(69)22-84-50-42(76)38(72)29(20-65)86-50)25(16-56)24-8-9-31-57(3)12-11-33(58(4,23-66)30(57)10-13-59(31,5)60(24,6)17-32(61)68)88-54-48(91-52-44(78)40(74)37(71)28(19-64)87-52)46(45(79)47(90-54)49(80)81)89-51-41(75)36(70)26(67)21-83-51/h8,23,25-33,35-48,50-54,63-65,67-68,70-79H,9-22H2,1-7H3,(H,80,81)/t25?,26-,27?,28?,29+,30-,31?,32?,33+,35+,36+,37+,38?,39?,40+,41?,42?,43?,44?,45+,46+,47?,48?,50-,51+,52+,53+,54-,57?,58-,59+,60-,61-/m1/s1. The quantitative estimate of drug-likeness (QED) is 0.0280. The van der Waals surface area contributed by atoms with Crippen LogP contribution in [0.1, 0.15) is 99.3 Å². The summed E-state index contributed by atoms with van der Waals surface area (Å²) in [6, 6.07) is -1.44. The SMILES string of the molecule is CN(C(=O)CO[C@@H]1O[C@@H](CO)C(O)C1O)[C@H]1C(CO)O[C@@H](OC(=O)[C@]23CCC(C)(C)CC2C2=CCC4C5(C)CC[C@H](O[C@@H]6OC(C(=O)O)[C@@H](O)[C@H](O[C@@H]7OC[C@@H](O)[C@H](O)C7O)C6O[C@@H]6OC(CO)[C@H](O)[C@H](O)C6O)[C@](C)(C=O)[C@@H]5CC[C@]4(C)[C@]2(C)CC3O)C(O)C1O. The number of carboxylic acids is 1. The molecule has 5 saturated heterocycles. The number of nitrogens with zero attached hydrogens (tertiary/aromatic N) is 1. The largest absolute Gasteiger partial charge is 0.479 e. The summed E-state index contributed by atoms with van der Waals surface area (Å²) in [6.07, 6.45) is -36.5. The number of aliphatic carboxylic acids is 1. The van der Waals surface area contributed by atoms with Crippen molar-refractivity contribution >= 4 is 24.1 Å². The van der Waals surface area contributed by atoms with E-state index < -0.39 is 243 Å². The summed E-state index contributed by atoms with van der Waals surface area (Å²) in [5.74, 6) is -4.76. The van der Waals surface area contributed by atoms with Gasteiger partial charge in [-0.2, -0.15) is 0 Å². The molecule has 4 saturated carbocycles. The van der Waals surface area contributed by atoms with E-state index in [-0.39, 0.29) is 30.6 Å². The average molecular weight is 1320 g/mol. The molecule has 0 aromatic rings. The van der Waals surface area contributed by atoms with Crippen LogP contribution >= 0.6 is 0 Å². The molecule has 1 amide bonds. The third-order valence-electron chi connectivity index (χ3n) is 23.7. The van der Waals surface area contributed by atoms with Gasteiger partial charge in [-0.3, -0.25) is 9.59 Å².